The summed E-state index contributed by atoms with van der Waals surface area (Å²) < 4.78 is 22.6. The first-order chi connectivity index (χ1) is 7.58. The molecule has 1 atom stereocenters. The molecule has 0 spiro atoms. The summed E-state index contributed by atoms with van der Waals surface area (Å²) in [5.41, 5.74) is 0.206. The van der Waals surface area contributed by atoms with Crippen molar-refractivity contribution in [3.63, 3.8) is 0 Å². The number of ether oxygens (including phenoxy) is 2. The largest absolute Gasteiger partial charge is 0.497 e. The highest BCUT2D eigenvalue weighted by Gasteiger charge is 2.18. The van der Waals surface area contributed by atoms with Gasteiger partial charge in [0.25, 0.3) is 0 Å². The summed E-state index contributed by atoms with van der Waals surface area (Å²) in [4.78, 5) is 11.0. The van der Waals surface area contributed by atoms with Crippen LogP contribution in [0.5, 0.6) is 5.75 Å². The lowest BCUT2D eigenvalue weighted by Crippen LogP contribution is -2.24. The Hall–Kier alpha value is -1.62. The molecule has 0 aliphatic heterocycles. The van der Waals surface area contributed by atoms with Crippen LogP contribution in [0.3, 0.4) is 0 Å². The Labute approximate surface area is 92.6 Å². The second-order valence-corrected chi connectivity index (χ2v) is 3.20. The molecule has 4 nitrogen and oxygen atoms in total. The van der Waals surface area contributed by atoms with E-state index in [9.17, 15) is 14.3 Å². The second-order valence-electron chi connectivity index (χ2n) is 3.20. The van der Waals surface area contributed by atoms with E-state index in [0.717, 1.165) is 7.11 Å². The minimum Gasteiger partial charge on any atom is -0.497 e. The van der Waals surface area contributed by atoms with Gasteiger partial charge in [-0.1, -0.05) is 0 Å². The predicted octanol–water partition coefficient (Wildman–Crippen LogP) is 0.911. The van der Waals surface area contributed by atoms with Crippen molar-refractivity contribution in [3.05, 3.63) is 29.6 Å². The van der Waals surface area contributed by atoms with Crippen molar-refractivity contribution in [3.8, 4) is 5.75 Å². The van der Waals surface area contributed by atoms with Crippen LogP contribution in [0, 0.1) is 5.82 Å². The Balaban J connectivity index is 2.83. The zero-order valence-corrected chi connectivity index (χ0v) is 9.07. The summed E-state index contributed by atoms with van der Waals surface area (Å²) >= 11 is 0. The quantitative estimate of drug-likeness (QED) is 0.778. The average Bonchev–Trinajstić information content (AvgIpc) is 2.30. The van der Waals surface area contributed by atoms with Gasteiger partial charge in [0, 0.05) is 6.42 Å². The van der Waals surface area contributed by atoms with E-state index in [2.05, 4.69) is 4.74 Å². The van der Waals surface area contributed by atoms with E-state index in [1.807, 2.05) is 0 Å². The van der Waals surface area contributed by atoms with Gasteiger partial charge in [-0.3, -0.25) is 0 Å². The highest BCUT2D eigenvalue weighted by molar-refractivity contribution is 5.74. The number of hydrogen-bond donors (Lipinski definition) is 1. The molecule has 88 valence electrons. The van der Waals surface area contributed by atoms with Crippen LogP contribution in [0.1, 0.15) is 5.56 Å². The molecule has 0 bridgehead atoms. The van der Waals surface area contributed by atoms with Crippen molar-refractivity contribution in [2.75, 3.05) is 14.2 Å². The first-order valence-corrected chi connectivity index (χ1v) is 4.66. The van der Waals surface area contributed by atoms with Crippen molar-refractivity contribution >= 4 is 5.97 Å². The van der Waals surface area contributed by atoms with Gasteiger partial charge in [0.2, 0.25) is 0 Å². The van der Waals surface area contributed by atoms with Crippen LogP contribution < -0.4 is 4.74 Å². The number of carbonyl (C=O) groups excluding carboxylic acids is 1. The van der Waals surface area contributed by atoms with Gasteiger partial charge < -0.3 is 14.6 Å². The minimum absolute atomic E-state index is 0.143. The Morgan fingerprint density at radius 2 is 2.19 bits per heavy atom. The molecule has 1 N–H and O–H groups in total. The number of aliphatic hydroxyl groups is 1. The fourth-order valence-electron chi connectivity index (χ4n) is 1.26. The van der Waals surface area contributed by atoms with Gasteiger partial charge in [0.15, 0.2) is 6.10 Å². The van der Waals surface area contributed by atoms with Crippen LogP contribution in [-0.2, 0) is 16.0 Å². The monoisotopic (exact) mass is 228 g/mol. The summed E-state index contributed by atoms with van der Waals surface area (Å²) in [5, 5.41) is 9.38. The predicted molar refractivity (Wildman–Crippen MR) is 54.7 cm³/mol. The molecular formula is C11H13FO4. The number of carbonyl (C=O) groups is 1. The number of hydrogen-bond acceptors (Lipinski definition) is 4. The third-order valence-electron chi connectivity index (χ3n) is 2.14. The number of benzene rings is 1. The highest BCUT2D eigenvalue weighted by Crippen LogP contribution is 2.18. The lowest BCUT2D eigenvalue weighted by molar-refractivity contribution is -0.150. The van der Waals surface area contributed by atoms with Crippen LogP contribution in [-0.4, -0.2) is 31.4 Å². The summed E-state index contributed by atoms with van der Waals surface area (Å²) in [7, 11) is 2.61. The smallest absolute Gasteiger partial charge is 0.335 e. The van der Waals surface area contributed by atoms with Crippen molar-refractivity contribution in [2.45, 2.75) is 12.5 Å². The molecule has 0 aliphatic rings. The van der Waals surface area contributed by atoms with Crippen LogP contribution in [0.4, 0.5) is 4.39 Å². The van der Waals surface area contributed by atoms with Crippen molar-refractivity contribution in [1.29, 1.82) is 0 Å². The molecule has 0 aliphatic carbocycles. The van der Waals surface area contributed by atoms with E-state index in [-0.39, 0.29) is 12.0 Å². The molecule has 1 rings (SSSR count). The number of halogens is 1. The lowest BCUT2D eigenvalue weighted by atomic mass is 10.1. The van der Waals surface area contributed by atoms with Gasteiger partial charge in [0.1, 0.15) is 11.6 Å². The first kappa shape index (κ1) is 12.4. The maximum atomic E-state index is 13.3. The highest BCUT2D eigenvalue weighted by atomic mass is 19.1. The zero-order valence-electron chi connectivity index (χ0n) is 9.07. The zero-order chi connectivity index (χ0) is 12.1. The van der Waals surface area contributed by atoms with Crippen molar-refractivity contribution in [1.82, 2.24) is 0 Å². The maximum absolute atomic E-state index is 13.3. The third-order valence-corrected chi connectivity index (χ3v) is 2.14. The molecule has 16 heavy (non-hydrogen) atoms. The molecule has 0 heterocycles. The topological polar surface area (TPSA) is 55.8 Å². The Kier molecular flexibility index (Phi) is 4.25. The Bertz CT molecular complexity index is 378. The fraction of sp³-hybridized carbons (Fsp3) is 0.364. The van der Waals surface area contributed by atoms with E-state index in [1.165, 1.54) is 25.3 Å². The fourth-order valence-corrected chi connectivity index (χ4v) is 1.26. The summed E-state index contributed by atoms with van der Waals surface area (Å²) in [5.74, 6) is -0.820. The molecule has 0 aromatic heterocycles. The molecule has 1 aromatic rings. The first-order valence-electron chi connectivity index (χ1n) is 4.66. The lowest BCUT2D eigenvalue weighted by Gasteiger charge is -2.10. The number of methoxy groups -OCH3 is 2. The van der Waals surface area contributed by atoms with Crippen LogP contribution >= 0.6 is 0 Å². The van der Waals surface area contributed by atoms with E-state index >= 15 is 0 Å². The number of rotatable bonds is 4. The molecule has 1 aromatic carbocycles. The van der Waals surface area contributed by atoms with Gasteiger partial charge in [-0.15, -0.1) is 0 Å². The molecule has 5 heteroatoms. The summed E-state index contributed by atoms with van der Waals surface area (Å²) in [6.45, 7) is 0. The molecule has 0 fully saturated rings. The van der Waals surface area contributed by atoms with Gasteiger partial charge in [-0.05, 0) is 23.8 Å². The third kappa shape index (κ3) is 2.93. The number of esters is 1. The normalized spacial score (nSPS) is 12.0. The maximum Gasteiger partial charge on any atom is 0.335 e. The SMILES string of the molecule is COC(=O)C(O)Cc1cc(OC)ccc1F. The van der Waals surface area contributed by atoms with Crippen LogP contribution in [0.2, 0.25) is 0 Å². The molecule has 0 radical (unpaired) electrons. The second kappa shape index (κ2) is 5.46. The van der Waals surface area contributed by atoms with Gasteiger partial charge >= 0.3 is 5.97 Å². The van der Waals surface area contributed by atoms with E-state index in [0.29, 0.717) is 5.75 Å². The molecular weight excluding hydrogens is 215 g/mol. The van der Waals surface area contributed by atoms with Crippen molar-refractivity contribution < 1.29 is 23.8 Å². The Morgan fingerprint density at radius 3 is 2.75 bits per heavy atom. The van der Waals surface area contributed by atoms with E-state index in [4.69, 9.17) is 4.74 Å². The van der Waals surface area contributed by atoms with Crippen LogP contribution in [0.15, 0.2) is 18.2 Å². The molecule has 1 unspecified atom stereocenters. The van der Waals surface area contributed by atoms with E-state index in [1.54, 1.807) is 0 Å². The van der Waals surface area contributed by atoms with Crippen molar-refractivity contribution in [2.24, 2.45) is 0 Å². The van der Waals surface area contributed by atoms with Gasteiger partial charge in [-0.25, -0.2) is 9.18 Å². The summed E-state index contributed by atoms with van der Waals surface area (Å²) in [6, 6.07) is 4.11. The number of aliphatic hydroxyl groups excluding tert-OH is 1. The molecule has 0 saturated carbocycles. The summed E-state index contributed by atoms with van der Waals surface area (Å²) in [6.07, 6.45) is -1.51. The van der Waals surface area contributed by atoms with Crippen LogP contribution in [0.25, 0.3) is 0 Å². The average molecular weight is 228 g/mol. The van der Waals surface area contributed by atoms with E-state index < -0.39 is 17.9 Å². The standard InChI is InChI=1S/C11H13FO4/c1-15-8-3-4-9(12)7(5-8)6-10(13)11(14)16-2/h3-5,10,13H,6H2,1-2H3. The van der Waals surface area contributed by atoms with Gasteiger partial charge in [-0.2, -0.15) is 0 Å². The molecule has 0 saturated heterocycles. The minimum atomic E-state index is -1.37. The Morgan fingerprint density at radius 1 is 1.50 bits per heavy atom. The molecule has 0 amide bonds. The van der Waals surface area contributed by atoms with Gasteiger partial charge in [0.05, 0.1) is 14.2 Å².